The molecule has 40 heavy (non-hydrogen) atoms. The van der Waals surface area contributed by atoms with Gasteiger partial charge in [0.1, 0.15) is 11.9 Å². The molecule has 0 unspecified atom stereocenters. The second-order valence-corrected chi connectivity index (χ2v) is 11.2. The molecule has 3 amide bonds. The maximum absolute atomic E-state index is 13.1. The van der Waals surface area contributed by atoms with Crippen molar-refractivity contribution in [1.82, 2.24) is 15.5 Å². The first kappa shape index (κ1) is 27.3. The summed E-state index contributed by atoms with van der Waals surface area (Å²) < 4.78 is 0. The van der Waals surface area contributed by atoms with Crippen molar-refractivity contribution in [3.05, 3.63) is 69.8 Å². The van der Waals surface area contributed by atoms with Crippen LogP contribution in [-0.2, 0) is 23.1 Å². The van der Waals surface area contributed by atoms with Crippen molar-refractivity contribution < 1.29 is 14.4 Å². The number of carbonyl (C=O) groups excluding carboxylic acids is 3. The minimum absolute atomic E-state index is 0.0833. The van der Waals surface area contributed by atoms with E-state index < -0.39 is 17.2 Å². The molecule has 2 aromatic carbocycles. The third kappa shape index (κ3) is 4.60. The molecule has 10 nitrogen and oxygen atoms in total. The topological polar surface area (TPSA) is 178 Å². The van der Waals surface area contributed by atoms with Gasteiger partial charge in [-0.05, 0) is 91.5 Å². The molecule has 0 radical (unpaired) electrons. The Morgan fingerprint density at radius 2 is 1.65 bits per heavy atom. The van der Waals surface area contributed by atoms with E-state index in [2.05, 4.69) is 16.7 Å². The molecule has 1 saturated carbocycles. The van der Waals surface area contributed by atoms with Crippen molar-refractivity contribution in [2.75, 3.05) is 13.6 Å². The maximum atomic E-state index is 13.1. The summed E-state index contributed by atoms with van der Waals surface area (Å²) in [6, 6.07) is 12.5. The molecule has 3 aliphatic rings. The number of nitrogens with two attached hydrogens (primary N) is 2. The molecule has 2 fully saturated rings. The Labute approximate surface area is 233 Å². The standard InChI is InChI=1S/C30H35N7O3/c1-16(36-15-26(38)37-22(14-31)11-21-12-25(21)37)13-30(29(34)35-2)23-7-5-19(27(32)39)9-17(23)3-4-18-10-20(28(33)40)6-8-24(18)30/h5-10,16,21-22,25,36H,3-4,11-13,15H2,1-2H3,(H2,32,39)(H2,33,40)(H2,34,35)/t16-,21-,22+,25+/m1/s1. The normalized spacial score (nSPS) is 22.5. The zero-order chi connectivity index (χ0) is 28.8. The number of amidine groups is 1. The average molecular weight is 542 g/mol. The first-order valence-corrected chi connectivity index (χ1v) is 13.7. The summed E-state index contributed by atoms with van der Waals surface area (Å²) in [5.74, 6) is -0.446. The summed E-state index contributed by atoms with van der Waals surface area (Å²) >= 11 is 0. The quantitative estimate of drug-likeness (QED) is 0.249. The monoisotopic (exact) mass is 541 g/mol. The summed E-state index contributed by atoms with van der Waals surface area (Å²) in [4.78, 5) is 38.9. The maximum Gasteiger partial charge on any atom is 0.248 e. The van der Waals surface area contributed by atoms with Gasteiger partial charge in [0.05, 0.1) is 18.0 Å². The number of benzene rings is 2. The molecule has 2 aliphatic carbocycles. The molecule has 1 heterocycles. The van der Waals surface area contributed by atoms with Gasteiger partial charge in [-0.15, -0.1) is 0 Å². The van der Waals surface area contributed by atoms with E-state index in [1.165, 1.54) is 0 Å². The Bertz CT molecular complexity index is 1380. The van der Waals surface area contributed by atoms with Crippen molar-refractivity contribution in [3.63, 3.8) is 0 Å². The highest BCUT2D eigenvalue weighted by Crippen LogP contribution is 2.48. The predicted octanol–water partition coefficient (Wildman–Crippen LogP) is 1.35. The highest BCUT2D eigenvalue weighted by atomic mass is 16.2. The summed E-state index contributed by atoms with van der Waals surface area (Å²) in [6.45, 7) is 2.07. The van der Waals surface area contributed by atoms with E-state index in [1.54, 1.807) is 36.2 Å². The van der Waals surface area contributed by atoms with Crippen molar-refractivity contribution in [2.24, 2.45) is 17.4 Å². The Morgan fingerprint density at radius 3 is 2.15 bits per heavy atom. The summed E-state index contributed by atoms with van der Waals surface area (Å²) in [6.07, 6.45) is 3.30. The number of aryl methyl sites for hydroxylation is 2. The number of hydrogen-bond acceptors (Lipinski definition) is 6. The molecule has 7 N–H and O–H groups in total. The molecule has 208 valence electrons. The lowest BCUT2D eigenvalue weighted by molar-refractivity contribution is -0.131. The number of nitrogens with zero attached hydrogens (tertiary/aromatic N) is 2. The Kier molecular flexibility index (Phi) is 7.10. The van der Waals surface area contributed by atoms with Crippen LogP contribution in [-0.4, -0.2) is 60.2 Å². The van der Waals surface area contributed by atoms with E-state index in [4.69, 9.17) is 11.5 Å². The largest absolute Gasteiger partial charge is 0.376 e. The number of likely N-dealkylation sites (N-methyl/N-ethyl adjacent to an activating group) is 1. The Morgan fingerprint density at radius 1 is 1.07 bits per heavy atom. The third-order valence-corrected chi connectivity index (χ3v) is 8.80. The molecular formula is C30H35N7O3. The van der Waals surface area contributed by atoms with Gasteiger partial charge in [0.25, 0.3) is 0 Å². The van der Waals surface area contributed by atoms with E-state index in [1.807, 2.05) is 19.1 Å². The minimum atomic E-state index is -0.970. The zero-order valence-corrected chi connectivity index (χ0v) is 22.8. The number of carbonyl (C=O) groups is 3. The van der Waals surface area contributed by atoms with Gasteiger partial charge in [-0.3, -0.25) is 19.8 Å². The van der Waals surface area contributed by atoms with Crippen molar-refractivity contribution >= 4 is 23.6 Å². The Balaban J connectivity index is 1.53. The van der Waals surface area contributed by atoms with Gasteiger partial charge in [-0.25, -0.2) is 0 Å². The molecule has 1 saturated heterocycles. The second kappa shape index (κ2) is 10.4. The first-order chi connectivity index (χ1) is 19.1. The fourth-order valence-corrected chi connectivity index (χ4v) is 6.77. The predicted molar refractivity (Wildman–Crippen MR) is 150 cm³/mol. The number of amides is 3. The smallest absolute Gasteiger partial charge is 0.248 e. The number of fused-ring (bicyclic) bond motifs is 3. The van der Waals surface area contributed by atoms with Crippen LogP contribution in [0.2, 0.25) is 0 Å². The molecule has 1 aliphatic heterocycles. The lowest BCUT2D eigenvalue weighted by Crippen LogP contribution is -2.50. The molecule has 10 heteroatoms. The molecule has 4 atom stereocenters. The van der Waals surface area contributed by atoms with Crippen LogP contribution in [0.3, 0.4) is 0 Å². The lowest BCUT2D eigenvalue weighted by atomic mass is 9.67. The number of nitrogens with one attached hydrogen (secondary N) is 3. The number of hydrogen-bond donors (Lipinski definition) is 5. The van der Waals surface area contributed by atoms with Crippen LogP contribution in [0.15, 0.2) is 36.4 Å². The van der Waals surface area contributed by atoms with Gasteiger partial charge in [0.2, 0.25) is 17.7 Å². The minimum Gasteiger partial charge on any atom is -0.376 e. The van der Waals surface area contributed by atoms with Gasteiger partial charge >= 0.3 is 0 Å². The van der Waals surface area contributed by atoms with E-state index in [9.17, 15) is 25.1 Å². The van der Waals surface area contributed by atoms with Crippen molar-refractivity contribution in [1.29, 1.82) is 10.7 Å². The van der Waals surface area contributed by atoms with Crippen LogP contribution >= 0.6 is 0 Å². The van der Waals surface area contributed by atoms with Gasteiger partial charge in [-0.1, -0.05) is 12.1 Å². The van der Waals surface area contributed by atoms with E-state index in [-0.39, 0.29) is 36.4 Å². The zero-order valence-electron chi connectivity index (χ0n) is 22.8. The van der Waals surface area contributed by atoms with Gasteiger partial charge in [0, 0.05) is 30.3 Å². The number of piperidine rings is 1. The third-order valence-electron chi connectivity index (χ3n) is 8.80. The number of primary amides is 2. The van der Waals surface area contributed by atoms with Crippen LogP contribution < -0.4 is 22.1 Å². The SMILES string of the molecule is CNC(=N)C1(C[C@@H](C)NCC(=O)N2[C@H](C#N)C[C@@H]3C[C@@H]32)c2ccc(C(N)=O)cc2CCc2cc(C(N)=O)ccc21. The second-order valence-electron chi connectivity index (χ2n) is 11.2. The molecule has 5 rings (SSSR count). The van der Waals surface area contributed by atoms with Crippen LogP contribution in [0.5, 0.6) is 0 Å². The van der Waals surface area contributed by atoms with Crippen LogP contribution in [0, 0.1) is 22.7 Å². The fraction of sp³-hybridized carbons (Fsp3) is 0.433. The molecule has 0 spiro atoms. The lowest BCUT2D eigenvalue weighted by Gasteiger charge is -2.39. The van der Waals surface area contributed by atoms with Gasteiger partial charge < -0.3 is 27.0 Å². The highest BCUT2D eigenvalue weighted by Gasteiger charge is 2.54. The van der Waals surface area contributed by atoms with Gasteiger partial charge in [-0.2, -0.15) is 5.26 Å². The van der Waals surface area contributed by atoms with Crippen LogP contribution in [0.1, 0.15) is 69.2 Å². The number of nitriles is 1. The van der Waals surface area contributed by atoms with Crippen molar-refractivity contribution in [3.8, 4) is 6.07 Å². The average Bonchev–Trinajstić information content (AvgIpc) is 3.64. The van der Waals surface area contributed by atoms with E-state index >= 15 is 0 Å². The van der Waals surface area contributed by atoms with Gasteiger partial charge in [0.15, 0.2) is 0 Å². The summed E-state index contributed by atoms with van der Waals surface area (Å²) in [5.41, 5.74) is 14.5. The Hall–Kier alpha value is -4.23. The van der Waals surface area contributed by atoms with Crippen molar-refractivity contribution in [2.45, 2.75) is 62.6 Å². The molecular weight excluding hydrogens is 506 g/mol. The summed E-state index contributed by atoms with van der Waals surface area (Å²) in [5, 5.41) is 25.1. The summed E-state index contributed by atoms with van der Waals surface area (Å²) in [7, 11) is 1.70. The molecule has 2 aromatic rings. The molecule has 0 aromatic heterocycles. The first-order valence-electron chi connectivity index (χ1n) is 13.7. The van der Waals surface area contributed by atoms with E-state index in [0.29, 0.717) is 36.3 Å². The fourth-order valence-electron chi connectivity index (χ4n) is 6.77. The number of likely N-dealkylation sites (tertiary alicyclic amines) is 1. The van der Waals surface area contributed by atoms with Crippen LogP contribution in [0.25, 0.3) is 0 Å². The highest BCUT2D eigenvalue weighted by molar-refractivity contribution is 5.98. The van der Waals surface area contributed by atoms with Crippen LogP contribution in [0.4, 0.5) is 0 Å². The molecule has 0 bridgehead atoms. The van der Waals surface area contributed by atoms with E-state index in [0.717, 1.165) is 35.1 Å². The number of rotatable bonds is 8.